The topological polar surface area (TPSA) is 51.2 Å². The van der Waals surface area contributed by atoms with Gasteiger partial charge in [-0.05, 0) is 54.8 Å². The van der Waals surface area contributed by atoms with Gasteiger partial charge in [0.2, 0.25) is 5.91 Å². The lowest BCUT2D eigenvalue weighted by Gasteiger charge is -2.40. The molecule has 0 radical (unpaired) electrons. The Kier molecular flexibility index (Phi) is 5.06. The Morgan fingerprint density at radius 1 is 1.07 bits per heavy atom. The van der Waals surface area contributed by atoms with E-state index in [-0.39, 0.29) is 11.7 Å². The number of nitrogens with one attached hydrogen (secondary N) is 1. The van der Waals surface area contributed by atoms with Crippen molar-refractivity contribution in [2.45, 2.75) is 31.3 Å². The lowest BCUT2D eigenvalue weighted by atomic mass is 9.64. The Morgan fingerprint density at radius 2 is 1.89 bits per heavy atom. The van der Waals surface area contributed by atoms with Crippen LogP contribution in [0, 0.1) is 5.82 Å². The van der Waals surface area contributed by atoms with Gasteiger partial charge in [-0.25, -0.2) is 4.39 Å². The summed E-state index contributed by atoms with van der Waals surface area (Å²) >= 11 is 0. The molecular formula is C23H21FN2O2. The molecule has 1 amide bonds. The maximum Gasteiger partial charge on any atom is 0.235 e. The molecule has 142 valence electrons. The van der Waals surface area contributed by atoms with Crippen LogP contribution < -0.4 is 10.1 Å². The fourth-order valence-electron chi connectivity index (χ4n) is 3.50. The van der Waals surface area contributed by atoms with E-state index in [1.807, 2.05) is 36.4 Å². The van der Waals surface area contributed by atoms with Gasteiger partial charge in [-0.15, -0.1) is 0 Å². The molecule has 1 aliphatic rings. The van der Waals surface area contributed by atoms with Crippen molar-refractivity contribution < 1.29 is 13.9 Å². The average molecular weight is 376 g/mol. The number of benzene rings is 2. The number of halogens is 1. The second-order valence-corrected chi connectivity index (χ2v) is 7.03. The summed E-state index contributed by atoms with van der Waals surface area (Å²) < 4.78 is 19.0. The molecule has 0 bridgehead atoms. The molecule has 1 aliphatic carbocycles. The van der Waals surface area contributed by atoms with Gasteiger partial charge in [-0.3, -0.25) is 9.78 Å². The van der Waals surface area contributed by atoms with Crippen molar-refractivity contribution >= 4 is 11.6 Å². The standard InChI is InChI=1S/C23H21FN2O2/c24-18-10-8-17(9-11-18)23(12-4-13-23)22(27)26-19-6-3-7-21(15-19)28-16-20-5-1-2-14-25-20/h1-3,5-11,14-15H,4,12-13,16H2,(H,26,27). The highest BCUT2D eigenvalue weighted by Gasteiger charge is 2.45. The molecule has 5 heteroatoms. The van der Waals surface area contributed by atoms with Gasteiger partial charge >= 0.3 is 0 Å². The van der Waals surface area contributed by atoms with E-state index < -0.39 is 5.41 Å². The summed E-state index contributed by atoms with van der Waals surface area (Å²) in [6, 6.07) is 19.2. The van der Waals surface area contributed by atoms with Crippen LogP contribution in [-0.4, -0.2) is 10.9 Å². The second-order valence-electron chi connectivity index (χ2n) is 7.03. The average Bonchev–Trinajstić information content (AvgIpc) is 2.68. The van der Waals surface area contributed by atoms with Crippen LogP contribution in [0.3, 0.4) is 0 Å². The smallest absolute Gasteiger partial charge is 0.235 e. The summed E-state index contributed by atoms with van der Waals surface area (Å²) in [4.78, 5) is 17.3. The van der Waals surface area contributed by atoms with Crippen molar-refractivity contribution in [2.24, 2.45) is 0 Å². The molecule has 0 aliphatic heterocycles. The predicted molar refractivity (Wildman–Crippen MR) is 106 cm³/mol. The molecule has 1 heterocycles. The summed E-state index contributed by atoms with van der Waals surface area (Å²) in [6.45, 7) is 0.359. The van der Waals surface area contributed by atoms with Crippen molar-refractivity contribution in [2.75, 3.05) is 5.32 Å². The Balaban J connectivity index is 1.46. The molecule has 0 saturated heterocycles. The van der Waals surface area contributed by atoms with Crippen molar-refractivity contribution in [1.82, 2.24) is 4.98 Å². The molecule has 3 aromatic rings. The first kappa shape index (κ1) is 18.2. The van der Waals surface area contributed by atoms with Crippen LogP contribution in [0.1, 0.15) is 30.5 Å². The zero-order valence-corrected chi connectivity index (χ0v) is 15.4. The van der Waals surface area contributed by atoms with Gasteiger partial charge < -0.3 is 10.1 Å². The van der Waals surface area contributed by atoms with E-state index in [1.54, 1.807) is 24.4 Å². The van der Waals surface area contributed by atoms with Crippen molar-refractivity contribution in [3.63, 3.8) is 0 Å². The zero-order chi connectivity index (χ0) is 19.4. The highest BCUT2D eigenvalue weighted by atomic mass is 19.1. The number of amides is 1. The van der Waals surface area contributed by atoms with Crippen LogP contribution in [-0.2, 0) is 16.8 Å². The Morgan fingerprint density at radius 3 is 2.57 bits per heavy atom. The van der Waals surface area contributed by atoms with E-state index >= 15 is 0 Å². The minimum Gasteiger partial charge on any atom is -0.487 e. The number of nitrogens with zero attached hydrogens (tertiary/aromatic N) is 1. The number of rotatable bonds is 6. The summed E-state index contributed by atoms with van der Waals surface area (Å²) in [5.41, 5.74) is 1.79. The van der Waals surface area contributed by atoms with Gasteiger partial charge in [0.25, 0.3) is 0 Å². The molecule has 28 heavy (non-hydrogen) atoms. The van der Waals surface area contributed by atoms with Crippen LogP contribution in [0.15, 0.2) is 72.9 Å². The minimum absolute atomic E-state index is 0.0627. The lowest BCUT2D eigenvalue weighted by molar-refractivity contribution is -0.124. The molecule has 1 fully saturated rings. The van der Waals surface area contributed by atoms with Crippen LogP contribution in [0.4, 0.5) is 10.1 Å². The van der Waals surface area contributed by atoms with E-state index in [4.69, 9.17) is 4.74 Å². The van der Waals surface area contributed by atoms with Crippen LogP contribution in [0.5, 0.6) is 5.75 Å². The predicted octanol–water partition coefficient (Wildman–Crippen LogP) is 4.86. The number of carbonyl (C=O) groups is 1. The molecule has 4 nitrogen and oxygen atoms in total. The highest BCUT2D eigenvalue weighted by Crippen LogP contribution is 2.44. The van der Waals surface area contributed by atoms with E-state index in [0.717, 1.165) is 30.5 Å². The third-order valence-electron chi connectivity index (χ3n) is 5.24. The van der Waals surface area contributed by atoms with Crippen LogP contribution in [0.2, 0.25) is 0 Å². The summed E-state index contributed by atoms with van der Waals surface area (Å²) in [5, 5.41) is 3.01. The molecule has 1 saturated carbocycles. The zero-order valence-electron chi connectivity index (χ0n) is 15.4. The lowest BCUT2D eigenvalue weighted by Crippen LogP contribution is -2.46. The summed E-state index contributed by atoms with van der Waals surface area (Å²) in [5.74, 6) is 0.302. The third-order valence-corrected chi connectivity index (χ3v) is 5.24. The fraction of sp³-hybridized carbons (Fsp3) is 0.217. The largest absolute Gasteiger partial charge is 0.487 e. The number of ether oxygens (including phenoxy) is 1. The Bertz CT molecular complexity index is 954. The molecule has 0 atom stereocenters. The van der Waals surface area contributed by atoms with E-state index in [9.17, 15) is 9.18 Å². The van der Waals surface area contributed by atoms with Crippen molar-refractivity contribution in [1.29, 1.82) is 0 Å². The van der Waals surface area contributed by atoms with Gasteiger partial charge in [0, 0.05) is 18.0 Å². The third kappa shape index (κ3) is 3.74. The monoisotopic (exact) mass is 376 g/mol. The SMILES string of the molecule is O=C(Nc1cccc(OCc2ccccn2)c1)C1(c2ccc(F)cc2)CCC1. The second kappa shape index (κ2) is 7.80. The van der Waals surface area contributed by atoms with Gasteiger partial charge in [-0.2, -0.15) is 0 Å². The number of hydrogen-bond acceptors (Lipinski definition) is 3. The molecule has 1 aromatic heterocycles. The van der Waals surface area contributed by atoms with Gasteiger partial charge in [0.15, 0.2) is 0 Å². The molecule has 0 spiro atoms. The normalized spacial score (nSPS) is 14.8. The Labute approximate surface area is 163 Å². The van der Waals surface area contributed by atoms with Gasteiger partial charge in [-0.1, -0.05) is 30.7 Å². The molecule has 4 rings (SSSR count). The fourth-order valence-corrected chi connectivity index (χ4v) is 3.50. The van der Waals surface area contributed by atoms with E-state index in [2.05, 4.69) is 10.3 Å². The maximum absolute atomic E-state index is 13.3. The number of aromatic nitrogens is 1. The van der Waals surface area contributed by atoms with Crippen LogP contribution in [0.25, 0.3) is 0 Å². The van der Waals surface area contributed by atoms with E-state index in [1.165, 1.54) is 12.1 Å². The van der Waals surface area contributed by atoms with Gasteiger partial charge in [0.05, 0.1) is 11.1 Å². The highest BCUT2D eigenvalue weighted by molar-refractivity contribution is 6.00. The molecule has 2 aromatic carbocycles. The number of anilines is 1. The first-order valence-corrected chi connectivity index (χ1v) is 9.36. The molecule has 1 N–H and O–H groups in total. The first-order chi connectivity index (χ1) is 13.7. The number of hydrogen-bond donors (Lipinski definition) is 1. The summed E-state index contributed by atoms with van der Waals surface area (Å²) in [7, 11) is 0. The van der Waals surface area contributed by atoms with Crippen molar-refractivity contribution in [3.8, 4) is 5.75 Å². The van der Waals surface area contributed by atoms with Crippen molar-refractivity contribution in [3.05, 3.63) is 90.0 Å². The molecular weight excluding hydrogens is 355 g/mol. The first-order valence-electron chi connectivity index (χ1n) is 9.36. The maximum atomic E-state index is 13.3. The quantitative estimate of drug-likeness (QED) is 0.668. The van der Waals surface area contributed by atoms with Gasteiger partial charge in [0.1, 0.15) is 18.2 Å². The Hall–Kier alpha value is -3.21. The number of carbonyl (C=O) groups excluding carboxylic acids is 1. The number of pyridine rings is 1. The van der Waals surface area contributed by atoms with Crippen LogP contribution >= 0.6 is 0 Å². The van der Waals surface area contributed by atoms with E-state index in [0.29, 0.717) is 18.0 Å². The minimum atomic E-state index is -0.585. The summed E-state index contributed by atoms with van der Waals surface area (Å²) in [6.07, 6.45) is 4.24. The molecule has 0 unspecified atom stereocenters.